The van der Waals surface area contributed by atoms with E-state index in [1.165, 1.54) is 16.5 Å². The van der Waals surface area contributed by atoms with Gasteiger partial charge in [-0.2, -0.15) is 0 Å². The highest BCUT2D eigenvalue weighted by atomic mass is 16.5. The van der Waals surface area contributed by atoms with Crippen molar-refractivity contribution in [2.45, 2.75) is 13.5 Å². The summed E-state index contributed by atoms with van der Waals surface area (Å²) in [5, 5.41) is 1.19. The Labute approximate surface area is 123 Å². The standard InChI is InChI=1S/C18H17NO2/c1-13-10-19(11-14-3-6-16(21-2)7-4-14)18-9-15(12-20)5-8-17(13)18/h3-10,12H,11H2,1-2H3. The SMILES string of the molecule is COc1ccc(Cn2cc(C)c3ccc(C=O)cc32)cc1. The zero-order valence-electron chi connectivity index (χ0n) is 12.2. The summed E-state index contributed by atoms with van der Waals surface area (Å²) in [6.45, 7) is 2.87. The third-order valence-electron chi connectivity index (χ3n) is 3.75. The van der Waals surface area contributed by atoms with E-state index in [0.717, 1.165) is 24.1 Å². The van der Waals surface area contributed by atoms with Gasteiger partial charge in [0.05, 0.1) is 7.11 Å². The van der Waals surface area contributed by atoms with Crippen molar-refractivity contribution in [1.82, 2.24) is 4.57 Å². The number of nitrogens with zero attached hydrogens (tertiary/aromatic N) is 1. The fraction of sp³-hybridized carbons (Fsp3) is 0.167. The van der Waals surface area contributed by atoms with Crippen molar-refractivity contribution in [2.75, 3.05) is 7.11 Å². The molecule has 0 N–H and O–H groups in total. The number of carbonyl (C=O) groups excluding carboxylic acids is 1. The summed E-state index contributed by atoms with van der Waals surface area (Å²) in [6.07, 6.45) is 3.02. The quantitative estimate of drug-likeness (QED) is 0.680. The first-order valence-corrected chi connectivity index (χ1v) is 6.89. The molecule has 0 unspecified atom stereocenters. The van der Waals surface area contributed by atoms with Crippen LogP contribution < -0.4 is 4.74 Å². The normalized spacial score (nSPS) is 10.8. The van der Waals surface area contributed by atoms with Gasteiger partial charge in [-0.15, -0.1) is 0 Å². The first-order valence-electron chi connectivity index (χ1n) is 6.89. The zero-order valence-corrected chi connectivity index (χ0v) is 12.2. The van der Waals surface area contributed by atoms with Crippen molar-refractivity contribution < 1.29 is 9.53 Å². The molecule has 3 aromatic rings. The third kappa shape index (κ3) is 2.55. The smallest absolute Gasteiger partial charge is 0.150 e. The summed E-state index contributed by atoms with van der Waals surface area (Å²) in [4.78, 5) is 11.0. The van der Waals surface area contributed by atoms with Crippen LogP contribution in [0.15, 0.2) is 48.7 Å². The van der Waals surface area contributed by atoms with Crippen molar-refractivity contribution in [1.29, 1.82) is 0 Å². The molecule has 21 heavy (non-hydrogen) atoms. The Morgan fingerprint density at radius 1 is 1.14 bits per heavy atom. The number of ether oxygens (including phenoxy) is 1. The number of aryl methyl sites for hydroxylation is 1. The highest BCUT2D eigenvalue weighted by molar-refractivity contribution is 5.89. The summed E-state index contributed by atoms with van der Waals surface area (Å²) in [5.74, 6) is 0.857. The largest absolute Gasteiger partial charge is 0.497 e. The molecule has 0 spiro atoms. The molecule has 3 nitrogen and oxygen atoms in total. The molecule has 0 fully saturated rings. The Kier molecular flexibility index (Phi) is 3.48. The summed E-state index contributed by atoms with van der Waals surface area (Å²) in [7, 11) is 1.67. The topological polar surface area (TPSA) is 31.2 Å². The average molecular weight is 279 g/mol. The van der Waals surface area contributed by atoms with Crippen molar-refractivity contribution >= 4 is 17.2 Å². The Balaban J connectivity index is 2.00. The molecule has 0 atom stereocenters. The molecular formula is C18H17NO2. The van der Waals surface area contributed by atoms with E-state index in [4.69, 9.17) is 4.74 Å². The number of hydrogen-bond acceptors (Lipinski definition) is 2. The second-order valence-corrected chi connectivity index (χ2v) is 5.18. The van der Waals surface area contributed by atoms with Crippen LogP contribution >= 0.6 is 0 Å². The van der Waals surface area contributed by atoms with Crippen molar-refractivity contribution in [2.24, 2.45) is 0 Å². The van der Waals surface area contributed by atoms with Crippen LogP contribution in [-0.4, -0.2) is 18.0 Å². The maximum absolute atomic E-state index is 11.0. The van der Waals surface area contributed by atoms with Crippen LogP contribution in [0, 0.1) is 6.92 Å². The van der Waals surface area contributed by atoms with E-state index < -0.39 is 0 Å². The van der Waals surface area contributed by atoms with Gasteiger partial charge in [-0.05, 0) is 36.2 Å². The van der Waals surface area contributed by atoms with Gasteiger partial charge in [-0.25, -0.2) is 0 Å². The van der Waals surface area contributed by atoms with Crippen LogP contribution in [0.1, 0.15) is 21.5 Å². The number of aromatic nitrogens is 1. The lowest BCUT2D eigenvalue weighted by Gasteiger charge is -2.07. The number of hydrogen-bond donors (Lipinski definition) is 0. The van der Waals surface area contributed by atoms with Gasteiger partial charge in [0.2, 0.25) is 0 Å². The molecule has 0 saturated heterocycles. The average Bonchev–Trinajstić information content (AvgIpc) is 2.83. The van der Waals surface area contributed by atoms with Gasteiger partial charge in [0.25, 0.3) is 0 Å². The maximum atomic E-state index is 11.0. The Morgan fingerprint density at radius 3 is 2.57 bits per heavy atom. The van der Waals surface area contributed by atoms with E-state index in [9.17, 15) is 4.79 Å². The highest BCUT2D eigenvalue weighted by Crippen LogP contribution is 2.23. The van der Waals surface area contributed by atoms with Crippen LogP contribution in [0.25, 0.3) is 10.9 Å². The van der Waals surface area contributed by atoms with Gasteiger partial charge < -0.3 is 9.30 Å². The molecular weight excluding hydrogens is 262 g/mol. The molecule has 0 saturated carbocycles. The molecule has 1 heterocycles. The minimum Gasteiger partial charge on any atom is -0.497 e. The zero-order chi connectivity index (χ0) is 14.8. The minimum atomic E-state index is 0.705. The van der Waals surface area contributed by atoms with Crippen molar-refractivity contribution in [3.05, 3.63) is 65.4 Å². The van der Waals surface area contributed by atoms with Gasteiger partial charge in [0.15, 0.2) is 0 Å². The van der Waals surface area contributed by atoms with E-state index in [1.807, 2.05) is 30.3 Å². The Morgan fingerprint density at radius 2 is 1.90 bits per heavy atom. The highest BCUT2D eigenvalue weighted by Gasteiger charge is 2.07. The molecule has 3 heteroatoms. The second-order valence-electron chi connectivity index (χ2n) is 5.18. The Hall–Kier alpha value is -2.55. The van der Waals surface area contributed by atoms with E-state index in [1.54, 1.807) is 7.11 Å². The first-order chi connectivity index (χ1) is 10.2. The number of carbonyl (C=O) groups is 1. The molecule has 0 aliphatic rings. The molecule has 106 valence electrons. The van der Waals surface area contributed by atoms with Crippen LogP contribution in [-0.2, 0) is 6.54 Å². The van der Waals surface area contributed by atoms with E-state index >= 15 is 0 Å². The third-order valence-corrected chi connectivity index (χ3v) is 3.75. The van der Waals surface area contributed by atoms with Gasteiger partial charge in [0.1, 0.15) is 12.0 Å². The lowest BCUT2D eigenvalue weighted by atomic mass is 10.1. The number of rotatable bonds is 4. The summed E-state index contributed by atoms with van der Waals surface area (Å²) in [6, 6.07) is 13.9. The minimum absolute atomic E-state index is 0.705. The predicted molar refractivity (Wildman–Crippen MR) is 84.2 cm³/mol. The number of fused-ring (bicyclic) bond motifs is 1. The van der Waals surface area contributed by atoms with Crippen LogP contribution in [0.5, 0.6) is 5.75 Å². The Bertz CT molecular complexity index is 785. The van der Waals surface area contributed by atoms with Crippen molar-refractivity contribution in [3.63, 3.8) is 0 Å². The first kappa shape index (κ1) is 13.4. The van der Waals surface area contributed by atoms with Gasteiger partial charge in [0, 0.05) is 29.2 Å². The molecule has 1 aromatic heterocycles. The number of methoxy groups -OCH3 is 1. The molecule has 0 aliphatic carbocycles. The molecule has 0 bridgehead atoms. The second kappa shape index (κ2) is 5.44. The summed E-state index contributed by atoms with van der Waals surface area (Å²) < 4.78 is 7.36. The van der Waals surface area contributed by atoms with Crippen LogP contribution in [0.3, 0.4) is 0 Å². The maximum Gasteiger partial charge on any atom is 0.150 e. The molecule has 3 rings (SSSR count). The fourth-order valence-electron chi connectivity index (χ4n) is 2.62. The number of aldehydes is 1. The lowest BCUT2D eigenvalue weighted by molar-refractivity contribution is 0.112. The van der Waals surface area contributed by atoms with Crippen molar-refractivity contribution in [3.8, 4) is 5.75 Å². The van der Waals surface area contributed by atoms with Gasteiger partial charge in [-0.1, -0.05) is 24.3 Å². The summed E-state index contributed by atoms with van der Waals surface area (Å²) >= 11 is 0. The molecule has 2 aromatic carbocycles. The lowest BCUT2D eigenvalue weighted by Crippen LogP contribution is -1.98. The van der Waals surface area contributed by atoms with Gasteiger partial charge in [-0.3, -0.25) is 4.79 Å². The fourth-order valence-corrected chi connectivity index (χ4v) is 2.62. The molecule has 0 amide bonds. The predicted octanol–water partition coefficient (Wildman–Crippen LogP) is 3.82. The van der Waals surface area contributed by atoms with E-state index in [0.29, 0.717) is 5.56 Å². The van der Waals surface area contributed by atoms with Gasteiger partial charge >= 0.3 is 0 Å². The monoisotopic (exact) mass is 279 g/mol. The van der Waals surface area contributed by atoms with E-state index in [2.05, 4.69) is 29.8 Å². The van der Waals surface area contributed by atoms with E-state index in [-0.39, 0.29) is 0 Å². The van der Waals surface area contributed by atoms with Crippen LogP contribution in [0.2, 0.25) is 0 Å². The van der Waals surface area contributed by atoms with Crippen LogP contribution in [0.4, 0.5) is 0 Å². The molecule has 0 aliphatic heterocycles. The molecule has 0 radical (unpaired) electrons. The number of benzene rings is 2. The summed E-state index contributed by atoms with van der Waals surface area (Å²) in [5.41, 5.74) is 4.21.